The molecule has 1 aliphatic heterocycles. The van der Waals surface area contributed by atoms with E-state index in [1.165, 1.54) is 6.42 Å². The van der Waals surface area contributed by atoms with Gasteiger partial charge in [0, 0.05) is 12.1 Å². The second-order valence-corrected chi connectivity index (χ2v) is 5.77. The van der Waals surface area contributed by atoms with E-state index in [1.54, 1.807) is 0 Å². The van der Waals surface area contributed by atoms with Crippen molar-refractivity contribution in [3.63, 3.8) is 0 Å². The van der Waals surface area contributed by atoms with Gasteiger partial charge in [-0.05, 0) is 25.7 Å². The van der Waals surface area contributed by atoms with Gasteiger partial charge in [0.25, 0.3) is 0 Å². The Bertz CT molecular complexity index is 287. The first-order valence-corrected chi connectivity index (χ1v) is 5.89. The molecule has 78 valence electrons. The van der Waals surface area contributed by atoms with E-state index in [0.29, 0.717) is 13.0 Å². The van der Waals surface area contributed by atoms with Crippen LogP contribution < -0.4 is 10.5 Å². The number of primary sulfonamides is 1. The third kappa shape index (κ3) is 1.98. The number of rotatable bonds is 1. The second kappa shape index (κ2) is 3.38. The molecule has 4 nitrogen and oxygen atoms in total. The molecule has 1 saturated carbocycles. The summed E-state index contributed by atoms with van der Waals surface area (Å²) in [6.07, 6.45) is 4.15. The molecular formula is C7H15ClN2O2S. The Labute approximate surface area is 84.7 Å². The van der Waals surface area contributed by atoms with Gasteiger partial charge in [-0.1, -0.05) is 0 Å². The van der Waals surface area contributed by atoms with Crippen LogP contribution in [0.5, 0.6) is 0 Å². The summed E-state index contributed by atoms with van der Waals surface area (Å²) in [4.78, 5) is 0. The van der Waals surface area contributed by atoms with Crippen LogP contribution in [0.4, 0.5) is 0 Å². The molecule has 0 aromatic rings. The molecule has 2 fully saturated rings. The predicted molar refractivity (Wildman–Crippen MR) is 53.3 cm³/mol. The van der Waals surface area contributed by atoms with Crippen molar-refractivity contribution in [1.29, 1.82) is 0 Å². The molecule has 2 rings (SSSR count). The highest BCUT2D eigenvalue weighted by atomic mass is 35.5. The minimum atomic E-state index is -3.31. The zero-order valence-electron chi connectivity index (χ0n) is 7.32. The first-order chi connectivity index (χ1) is 5.52. The molecule has 0 amide bonds. The third-order valence-corrected chi connectivity index (χ3v) is 4.36. The van der Waals surface area contributed by atoms with Crippen molar-refractivity contribution in [1.82, 2.24) is 5.32 Å². The molecule has 1 unspecified atom stereocenters. The Hall–Kier alpha value is 0.160. The normalized spacial score (nSPS) is 31.0. The Morgan fingerprint density at radius 3 is 2.23 bits per heavy atom. The molecule has 13 heavy (non-hydrogen) atoms. The number of halogens is 1. The van der Waals surface area contributed by atoms with Crippen molar-refractivity contribution < 1.29 is 8.42 Å². The smallest absolute Gasteiger partial charge is 0.213 e. The van der Waals surface area contributed by atoms with Gasteiger partial charge in [-0.15, -0.1) is 12.4 Å². The number of nitrogens with one attached hydrogen (secondary N) is 1. The topological polar surface area (TPSA) is 72.2 Å². The van der Waals surface area contributed by atoms with E-state index in [4.69, 9.17) is 5.14 Å². The molecule has 1 atom stereocenters. The van der Waals surface area contributed by atoms with Crippen molar-refractivity contribution in [3.8, 4) is 0 Å². The van der Waals surface area contributed by atoms with Gasteiger partial charge in [0.15, 0.2) is 0 Å². The fourth-order valence-corrected chi connectivity index (χ4v) is 2.99. The lowest BCUT2D eigenvalue weighted by atomic mass is 9.76. The lowest BCUT2D eigenvalue weighted by molar-refractivity contribution is 0.216. The van der Waals surface area contributed by atoms with Crippen LogP contribution in [-0.4, -0.2) is 25.8 Å². The van der Waals surface area contributed by atoms with Gasteiger partial charge >= 0.3 is 0 Å². The van der Waals surface area contributed by atoms with Crippen molar-refractivity contribution in [2.45, 2.75) is 36.5 Å². The zero-order chi connectivity index (χ0) is 8.82. The summed E-state index contributed by atoms with van der Waals surface area (Å²) in [5.74, 6) is 0. The maximum atomic E-state index is 11.0. The summed E-state index contributed by atoms with van der Waals surface area (Å²) in [6.45, 7) is 0.541. The third-order valence-electron chi connectivity index (χ3n) is 3.10. The van der Waals surface area contributed by atoms with E-state index in [-0.39, 0.29) is 23.2 Å². The number of hydrogen-bond donors (Lipinski definition) is 2. The Morgan fingerprint density at radius 2 is 2.00 bits per heavy atom. The fraction of sp³-hybridized carbons (Fsp3) is 1.00. The minimum absolute atomic E-state index is 0. The molecule has 0 aromatic heterocycles. The summed E-state index contributed by atoms with van der Waals surface area (Å²) in [5.41, 5.74) is 0.136. The van der Waals surface area contributed by atoms with Crippen molar-refractivity contribution in [2.24, 2.45) is 5.14 Å². The van der Waals surface area contributed by atoms with Gasteiger partial charge in [-0.3, -0.25) is 0 Å². The highest BCUT2D eigenvalue weighted by Crippen LogP contribution is 2.40. The standard InChI is InChI=1S/C7H14N2O2S.ClH/c8-12(10,11)6-4-7(9-5-6)2-1-3-7;/h6,9H,1-5H2,(H2,8,10,11);1H. The van der Waals surface area contributed by atoms with Crippen LogP contribution in [0.1, 0.15) is 25.7 Å². The van der Waals surface area contributed by atoms with Gasteiger partial charge in [0.05, 0.1) is 5.25 Å². The van der Waals surface area contributed by atoms with E-state index >= 15 is 0 Å². The number of nitrogens with two attached hydrogens (primary N) is 1. The maximum absolute atomic E-state index is 11.0. The first kappa shape index (κ1) is 11.2. The second-order valence-electron chi connectivity index (χ2n) is 3.93. The summed E-state index contributed by atoms with van der Waals surface area (Å²) in [7, 11) is -3.31. The Morgan fingerprint density at radius 1 is 1.38 bits per heavy atom. The van der Waals surface area contributed by atoms with Gasteiger partial charge in [-0.25, -0.2) is 13.6 Å². The molecule has 6 heteroatoms. The zero-order valence-corrected chi connectivity index (χ0v) is 8.96. The van der Waals surface area contributed by atoms with E-state index < -0.39 is 10.0 Å². The van der Waals surface area contributed by atoms with Crippen molar-refractivity contribution >= 4 is 22.4 Å². The summed E-state index contributed by atoms with van der Waals surface area (Å²) >= 11 is 0. The lowest BCUT2D eigenvalue weighted by Crippen LogP contribution is -2.45. The van der Waals surface area contributed by atoms with Crippen molar-refractivity contribution in [3.05, 3.63) is 0 Å². The largest absolute Gasteiger partial charge is 0.310 e. The van der Waals surface area contributed by atoms with Gasteiger partial charge in [0.1, 0.15) is 0 Å². The molecule has 3 N–H and O–H groups in total. The van der Waals surface area contributed by atoms with Gasteiger partial charge in [-0.2, -0.15) is 0 Å². The van der Waals surface area contributed by atoms with Crippen LogP contribution in [-0.2, 0) is 10.0 Å². The van der Waals surface area contributed by atoms with Crippen LogP contribution in [0, 0.1) is 0 Å². The monoisotopic (exact) mass is 226 g/mol. The molecule has 0 radical (unpaired) electrons. The highest BCUT2D eigenvalue weighted by molar-refractivity contribution is 7.89. The van der Waals surface area contributed by atoms with Gasteiger partial charge < -0.3 is 5.32 Å². The summed E-state index contributed by atoms with van der Waals surface area (Å²) in [5, 5.41) is 7.99. The van der Waals surface area contributed by atoms with Crippen molar-refractivity contribution in [2.75, 3.05) is 6.54 Å². The molecule has 2 aliphatic rings. The predicted octanol–water partition coefficient (Wildman–Crippen LogP) is -0.0187. The SMILES string of the molecule is Cl.NS(=O)(=O)C1CNC2(CCC2)C1. The molecule has 1 heterocycles. The molecule has 1 aliphatic carbocycles. The molecule has 0 bridgehead atoms. The maximum Gasteiger partial charge on any atom is 0.213 e. The van der Waals surface area contributed by atoms with Crippen LogP contribution >= 0.6 is 12.4 Å². The molecule has 0 aromatic carbocycles. The minimum Gasteiger partial charge on any atom is -0.310 e. The van der Waals surface area contributed by atoms with Gasteiger partial charge in [0.2, 0.25) is 10.0 Å². The van der Waals surface area contributed by atoms with Crippen LogP contribution in [0.2, 0.25) is 0 Å². The lowest BCUT2D eigenvalue weighted by Gasteiger charge is -2.38. The Kier molecular flexibility index (Phi) is 2.92. The van der Waals surface area contributed by atoms with Crippen LogP contribution in [0.25, 0.3) is 0 Å². The molecule has 1 spiro atoms. The summed E-state index contributed by atoms with van der Waals surface area (Å²) < 4.78 is 22.0. The average molecular weight is 227 g/mol. The van der Waals surface area contributed by atoms with E-state index in [1.807, 2.05) is 0 Å². The first-order valence-electron chi connectivity index (χ1n) is 4.29. The van der Waals surface area contributed by atoms with E-state index in [9.17, 15) is 8.42 Å². The van der Waals surface area contributed by atoms with E-state index in [0.717, 1.165) is 12.8 Å². The van der Waals surface area contributed by atoms with E-state index in [2.05, 4.69) is 5.32 Å². The highest BCUT2D eigenvalue weighted by Gasteiger charge is 2.46. The van der Waals surface area contributed by atoms with Crippen LogP contribution in [0.3, 0.4) is 0 Å². The average Bonchev–Trinajstić information content (AvgIpc) is 2.26. The molecule has 1 saturated heterocycles. The number of sulfonamides is 1. The quantitative estimate of drug-likeness (QED) is 0.660. The summed E-state index contributed by atoms with van der Waals surface area (Å²) in [6, 6.07) is 0. The molecular weight excluding hydrogens is 212 g/mol. The fourth-order valence-electron chi connectivity index (χ4n) is 2.13. The van der Waals surface area contributed by atoms with Crippen LogP contribution in [0.15, 0.2) is 0 Å². The Balaban J connectivity index is 0.000000845. The number of hydrogen-bond acceptors (Lipinski definition) is 3.